The molecule has 94 valence electrons. The van der Waals surface area contributed by atoms with Crippen LogP contribution in [0.15, 0.2) is 11.6 Å². The van der Waals surface area contributed by atoms with Gasteiger partial charge in [-0.15, -0.1) is 0 Å². The molecule has 5 heteroatoms. The number of rotatable bonds is 4. The summed E-state index contributed by atoms with van der Waals surface area (Å²) in [5.41, 5.74) is 5.75. The normalized spacial score (nSPS) is 12.8. The number of carbonyl (C=O) groups excluding carboxylic acids is 1. The van der Waals surface area contributed by atoms with Crippen LogP contribution in [0.1, 0.15) is 27.2 Å². The van der Waals surface area contributed by atoms with Crippen molar-refractivity contribution in [3.8, 4) is 0 Å². The maximum atomic E-state index is 10.7. The van der Waals surface area contributed by atoms with Crippen LogP contribution in [0.3, 0.4) is 0 Å². The van der Waals surface area contributed by atoms with Gasteiger partial charge in [-0.1, -0.05) is 13.0 Å². The summed E-state index contributed by atoms with van der Waals surface area (Å²) in [6.07, 6.45) is 2.89. The Labute approximate surface area is 96.9 Å². The molecule has 0 bridgehead atoms. The van der Waals surface area contributed by atoms with Crippen LogP contribution in [0.25, 0.3) is 0 Å². The second kappa shape index (κ2) is 8.91. The topological polar surface area (TPSA) is 83.6 Å². The van der Waals surface area contributed by atoms with Gasteiger partial charge < -0.3 is 15.7 Å². The number of hydrogen-bond donors (Lipinski definition) is 2. The molecule has 0 aliphatic heterocycles. The van der Waals surface area contributed by atoms with E-state index in [1.54, 1.807) is 6.92 Å². The highest BCUT2D eigenvalue weighted by atomic mass is 16.4. The molecule has 0 aromatic heterocycles. The molecule has 5 nitrogen and oxygen atoms in total. The van der Waals surface area contributed by atoms with Crippen molar-refractivity contribution in [1.82, 2.24) is 4.90 Å². The number of carbonyl (C=O) groups is 2. The molecule has 0 aliphatic carbocycles. The zero-order valence-corrected chi connectivity index (χ0v) is 10.7. The summed E-state index contributed by atoms with van der Waals surface area (Å²) >= 11 is 0. The smallest absolute Gasteiger partial charge is 0.300 e. The van der Waals surface area contributed by atoms with Crippen molar-refractivity contribution in [3.05, 3.63) is 11.6 Å². The molecule has 0 spiro atoms. The number of nitrogens with zero attached hydrogens (tertiary/aromatic N) is 1. The van der Waals surface area contributed by atoms with Gasteiger partial charge in [0.1, 0.15) is 0 Å². The minimum Gasteiger partial charge on any atom is -0.481 e. The average molecular weight is 230 g/mol. The Bertz CT molecular complexity index is 256. The van der Waals surface area contributed by atoms with Gasteiger partial charge in [0.05, 0.1) is 0 Å². The van der Waals surface area contributed by atoms with Crippen molar-refractivity contribution >= 4 is 11.9 Å². The monoisotopic (exact) mass is 230 g/mol. The van der Waals surface area contributed by atoms with Crippen molar-refractivity contribution in [2.75, 3.05) is 14.1 Å². The number of aliphatic carboxylic acids is 1. The van der Waals surface area contributed by atoms with E-state index in [9.17, 15) is 4.79 Å². The second-order valence-corrected chi connectivity index (χ2v) is 3.67. The Morgan fingerprint density at radius 1 is 1.38 bits per heavy atom. The zero-order valence-electron chi connectivity index (χ0n) is 10.7. The van der Waals surface area contributed by atoms with E-state index in [0.29, 0.717) is 11.6 Å². The lowest BCUT2D eigenvalue weighted by Crippen LogP contribution is -2.26. The van der Waals surface area contributed by atoms with Crippen molar-refractivity contribution in [2.45, 2.75) is 33.2 Å². The lowest BCUT2D eigenvalue weighted by atomic mass is 10.1. The lowest BCUT2D eigenvalue weighted by molar-refractivity contribution is -0.134. The molecule has 3 N–H and O–H groups in total. The van der Waals surface area contributed by atoms with Gasteiger partial charge in [0.15, 0.2) is 0 Å². The first kappa shape index (κ1) is 17.0. The van der Waals surface area contributed by atoms with Crippen LogP contribution in [-0.2, 0) is 9.59 Å². The quantitative estimate of drug-likeness (QED) is 0.701. The van der Waals surface area contributed by atoms with E-state index in [1.165, 1.54) is 0 Å². The van der Waals surface area contributed by atoms with Crippen molar-refractivity contribution in [1.29, 1.82) is 0 Å². The molecule has 0 saturated heterocycles. The van der Waals surface area contributed by atoms with Crippen LogP contribution in [0.5, 0.6) is 0 Å². The molecular formula is C11H22N2O3. The molecular weight excluding hydrogens is 208 g/mol. The van der Waals surface area contributed by atoms with E-state index < -0.39 is 5.97 Å². The fraction of sp³-hybridized carbons (Fsp3) is 0.636. The second-order valence-electron chi connectivity index (χ2n) is 3.67. The fourth-order valence-electron chi connectivity index (χ4n) is 1.00. The molecule has 0 fully saturated rings. The molecule has 1 amide bonds. The first-order chi connectivity index (χ1) is 7.22. The summed E-state index contributed by atoms with van der Waals surface area (Å²) in [5.74, 6) is -1.17. The van der Waals surface area contributed by atoms with Crippen molar-refractivity contribution < 1.29 is 14.7 Å². The summed E-state index contributed by atoms with van der Waals surface area (Å²) in [6, 6.07) is 0.303. The SMILES string of the molecule is CC(=O)O.CCC(C=C(C)C(N)=O)N(C)C. The van der Waals surface area contributed by atoms with Gasteiger partial charge in [-0.3, -0.25) is 9.59 Å². The number of likely N-dealkylation sites (N-methyl/N-ethyl adjacent to an activating group) is 1. The molecule has 0 aromatic carbocycles. The maximum Gasteiger partial charge on any atom is 0.300 e. The largest absolute Gasteiger partial charge is 0.481 e. The van der Waals surface area contributed by atoms with Gasteiger partial charge in [-0.25, -0.2) is 0 Å². The van der Waals surface area contributed by atoms with E-state index in [-0.39, 0.29) is 5.91 Å². The van der Waals surface area contributed by atoms with E-state index in [2.05, 4.69) is 11.8 Å². The molecule has 0 saturated carbocycles. The van der Waals surface area contributed by atoms with Crippen LogP contribution >= 0.6 is 0 Å². The maximum absolute atomic E-state index is 10.7. The number of amides is 1. The Balaban J connectivity index is 0. The number of carboxylic acids is 1. The lowest BCUT2D eigenvalue weighted by Gasteiger charge is -2.19. The third kappa shape index (κ3) is 10.7. The van der Waals surface area contributed by atoms with E-state index in [1.807, 2.05) is 20.2 Å². The van der Waals surface area contributed by atoms with Gasteiger partial charge in [0.2, 0.25) is 5.91 Å². The molecule has 0 rings (SSSR count). The highest BCUT2D eigenvalue weighted by Crippen LogP contribution is 2.04. The summed E-state index contributed by atoms with van der Waals surface area (Å²) in [6.45, 7) is 4.91. The summed E-state index contributed by atoms with van der Waals surface area (Å²) in [5, 5.41) is 7.42. The van der Waals surface area contributed by atoms with Crippen molar-refractivity contribution in [3.63, 3.8) is 0 Å². The first-order valence-electron chi connectivity index (χ1n) is 5.06. The van der Waals surface area contributed by atoms with Crippen LogP contribution < -0.4 is 5.73 Å². The minimum atomic E-state index is -0.833. The average Bonchev–Trinajstić information content (AvgIpc) is 2.11. The fourth-order valence-corrected chi connectivity index (χ4v) is 1.00. The third-order valence-electron chi connectivity index (χ3n) is 1.91. The predicted molar refractivity (Wildman–Crippen MR) is 64.0 cm³/mol. The number of primary amides is 1. The van der Waals surface area contributed by atoms with E-state index in [4.69, 9.17) is 15.6 Å². The van der Waals surface area contributed by atoms with Crippen molar-refractivity contribution in [2.24, 2.45) is 5.73 Å². The highest BCUT2D eigenvalue weighted by Gasteiger charge is 2.07. The molecule has 0 aromatic rings. The molecule has 1 atom stereocenters. The minimum absolute atomic E-state index is 0.303. The van der Waals surface area contributed by atoms with Gasteiger partial charge in [-0.2, -0.15) is 0 Å². The van der Waals surface area contributed by atoms with Gasteiger partial charge in [0.25, 0.3) is 5.97 Å². The standard InChI is InChI=1S/C9H18N2O.C2H4O2/c1-5-8(11(3)4)6-7(2)9(10)12;1-2(3)4/h6,8H,5H2,1-4H3,(H2,10,12);1H3,(H,3,4). The van der Waals surface area contributed by atoms with Crippen LogP contribution in [0, 0.1) is 0 Å². The zero-order chi connectivity index (χ0) is 13.3. The van der Waals surface area contributed by atoms with E-state index >= 15 is 0 Å². The highest BCUT2D eigenvalue weighted by molar-refractivity contribution is 5.91. The first-order valence-corrected chi connectivity index (χ1v) is 5.06. The Kier molecular flexibility index (Phi) is 9.49. The van der Waals surface area contributed by atoms with Crippen LogP contribution in [-0.4, -0.2) is 42.0 Å². The van der Waals surface area contributed by atoms with Crippen LogP contribution in [0.4, 0.5) is 0 Å². The Hall–Kier alpha value is -1.36. The summed E-state index contributed by atoms with van der Waals surface area (Å²) < 4.78 is 0. The molecule has 16 heavy (non-hydrogen) atoms. The molecule has 0 radical (unpaired) electrons. The Morgan fingerprint density at radius 2 is 1.75 bits per heavy atom. The van der Waals surface area contributed by atoms with Gasteiger partial charge in [0, 0.05) is 18.5 Å². The number of nitrogens with two attached hydrogens (primary N) is 1. The predicted octanol–water partition coefficient (Wildman–Crippen LogP) is 0.849. The Morgan fingerprint density at radius 3 is 1.94 bits per heavy atom. The summed E-state index contributed by atoms with van der Waals surface area (Å²) in [4.78, 5) is 21.8. The van der Waals surface area contributed by atoms with Gasteiger partial charge in [-0.05, 0) is 27.4 Å². The summed E-state index contributed by atoms with van der Waals surface area (Å²) in [7, 11) is 3.97. The number of carboxylic acid groups (broad SMARTS) is 1. The van der Waals surface area contributed by atoms with Crippen LogP contribution in [0.2, 0.25) is 0 Å². The molecule has 0 aliphatic rings. The third-order valence-corrected chi connectivity index (χ3v) is 1.91. The van der Waals surface area contributed by atoms with Gasteiger partial charge >= 0.3 is 0 Å². The number of hydrogen-bond acceptors (Lipinski definition) is 3. The molecule has 1 unspecified atom stereocenters. The molecule has 0 heterocycles. The van der Waals surface area contributed by atoms with E-state index in [0.717, 1.165) is 13.3 Å².